The zero-order valence-electron chi connectivity index (χ0n) is 16.7. The van der Waals surface area contributed by atoms with Crippen molar-refractivity contribution in [1.82, 2.24) is 14.8 Å². The quantitative estimate of drug-likeness (QED) is 0.420. The van der Waals surface area contributed by atoms with Gasteiger partial charge in [-0.1, -0.05) is 47.6 Å². The Morgan fingerprint density at radius 3 is 2.73 bits per heavy atom. The third-order valence-corrected chi connectivity index (χ3v) is 6.70. The van der Waals surface area contributed by atoms with Gasteiger partial charge in [-0.05, 0) is 43.2 Å². The highest BCUT2D eigenvalue weighted by atomic mass is 35.5. The summed E-state index contributed by atoms with van der Waals surface area (Å²) in [5.74, 6) is 1.87. The molecule has 5 nitrogen and oxygen atoms in total. The second-order valence-electron chi connectivity index (χ2n) is 6.53. The van der Waals surface area contributed by atoms with Crippen LogP contribution in [0.5, 0.6) is 0 Å². The van der Waals surface area contributed by atoms with E-state index in [1.165, 1.54) is 17.8 Å². The SMILES string of the molecule is CCn1c(CSCc2ccccc2F)nnc1SCC(=O)Nc1ccc(C)c(Cl)c1. The van der Waals surface area contributed by atoms with Crippen molar-refractivity contribution in [2.45, 2.75) is 37.1 Å². The van der Waals surface area contributed by atoms with Gasteiger partial charge in [0.2, 0.25) is 5.91 Å². The summed E-state index contributed by atoms with van der Waals surface area (Å²) in [5.41, 5.74) is 2.30. The van der Waals surface area contributed by atoms with Crippen LogP contribution in [0.25, 0.3) is 0 Å². The molecule has 0 fully saturated rings. The maximum absolute atomic E-state index is 13.7. The molecular weight excluding hydrogens is 443 g/mol. The molecule has 1 N–H and O–H groups in total. The summed E-state index contributed by atoms with van der Waals surface area (Å²) in [5, 5.41) is 12.6. The molecule has 158 valence electrons. The Labute approximate surface area is 188 Å². The summed E-state index contributed by atoms with van der Waals surface area (Å²) in [6.45, 7) is 4.61. The van der Waals surface area contributed by atoms with Crippen LogP contribution in [0.3, 0.4) is 0 Å². The molecule has 0 aliphatic heterocycles. The van der Waals surface area contributed by atoms with Crippen molar-refractivity contribution in [2.24, 2.45) is 0 Å². The second kappa shape index (κ2) is 10.8. The molecule has 0 radical (unpaired) electrons. The van der Waals surface area contributed by atoms with E-state index in [0.29, 0.717) is 39.5 Å². The number of thioether (sulfide) groups is 2. The third kappa shape index (κ3) is 6.00. The van der Waals surface area contributed by atoms with E-state index in [0.717, 1.165) is 11.4 Å². The molecule has 0 unspecified atom stereocenters. The minimum atomic E-state index is -0.195. The first kappa shape index (κ1) is 22.7. The fraction of sp³-hybridized carbons (Fsp3) is 0.286. The van der Waals surface area contributed by atoms with Crippen molar-refractivity contribution in [3.8, 4) is 0 Å². The van der Waals surface area contributed by atoms with Gasteiger partial charge in [-0.25, -0.2) is 4.39 Å². The molecule has 1 aromatic heterocycles. The third-order valence-electron chi connectivity index (χ3n) is 4.34. The minimum Gasteiger partial charge on any atom is -0.325 e. The van der Waals surface area contributed by atoms with Gasteiger partial charge < -0.3 is 9.88 Å². The number of hydrogen-bond acceptors (Lipinski definition) is 5. The van der Waals surface area contributed by atoms with Crippen molar-refractivity contribution in [1.29, 1.82) is 0 Å². The van der Waals surface area contributed by atoms with E-state index < -0.39 is 0 Å². The first-order chi connectivity index (χ1) is 14.5. The molecule has 2 aromatic carbocycles. The van der Waals surface area contributed by atoms with Gasteiger partial charge >= 0.3 is 0 Å². The lowest BCUT2D eigenvalue weighted by atomic mass is 10.2. The summed E-state index contributed by atoms with van der Waals surface area (Å²) in [4.78, 5) is 12.3. The summed E-state index contributed by atoms with van der Waals surface area (Å²) >= 11 is 9.02. The van der Waals surface area contributed by atoms with Gasteiger partial charge in [-0.2, -0.15) is 0 Å². The number of hydrogen-bond donors (Lipinski definition) is 1. The monoisotopic (exact) mass is 464 g/mol. The average molecular weight is 465 g/mol. The van der Waals surface area contributed by atoms with Crippen molar-refractivity contribution in [2.75, 3.05) is 11.1 Å². The van der Waals surface area contributed by atoms with Gasteiger partial charge in [0.05, 0.1) is 11.5 Å². The molecule has 1 heterocycles. The van der Waals surface area contributed by atoms with E-state index in [4.69, 9.17) is 11.6 Å². The predicted octanol–water partition coefficient (Wildman–Crippen LogP) is 5.56. The van der Waals surface area contributed by atoms with Gasteiger partial charge in [-0.3, -0.25) is 4.79 Å². The van der Waals surface area contributed by atoms with Crippen LogP contribution in [-0.4, -0.2) is 26.4 Å². The summed E-state index contributed by atoms with van der Waals surface area (Å²) < 4.78 is 15.7. The smallest absolute Gasteiger partial charge is 0.234 e. The van der Waals surface area contributed by atoms with Crippen molar-refractivity contribution >= 4 is 46.7 Å². The van der Waals surface area contributed by atoms with E-state index in [2.05, 4.69) is 15.5 Å². The highest BCUT2D eigenvalue weighted by Gasteiger charge is 2.14. The number of halogens is 2. The Morgan fingerprint density at radius 1 is 1.20 bits per heavy atom. The van der Waals surface area contributed by atoms with Crippen molar-refractivity contribution in [3.05, 3.63) is 70.3 Å². The number of nitrogens with one attached hydrogen (secondary N) is 1. The summed E-state index contributed by atoms with van der Waals surface area (Å²) in [6, 6.07) is 12.2. The molecule has 0 aliphatic carbocycles. The highest BCUT2D eigenvalue weighted by Crippen LogP contribution is 2.24. The molecule has 0 spiro atoms. The number of carbonyl (C=O) groups is 1. The molecule has 9 heteroatoms. The standard InChI is InChI=1S/C21H22ClFN4OS2/c1-3-27-19(12-29-11-15-6-4-5-7-18(15)23)25-26-21(27)30-13-20(28)24-16-9-8-14(2)17(22)10-16/h4-10H,3,11-13H2,1-2H3,(H,24,28). The molecule has 3 aromatic rings. The molecule has 0 saturated heterocycles. The van der Waals surface area contributed by atoms with Crippen LogP contribution >= 0.6 is 35.1 Å². The van der Waals surface area contributed by atoms with Crippen LogP contribution in [-0.2, 0) is 22.8 Å². The van der Waals surface area contributed by atoms with Crippen LogP contribution in [0.2, 0.25) is 5.02 Å². The van der Waals surface area contributed by atoms with Crippen LogP contribution < -0.4 is 5.32 Å². The lowest BCUT2D eigenvalue weighted by Crippen LogP contribution is -2.14. The van der Waals surface area contributed by atoms with Gasteiger partial charge in [0.1, 0.15) is 11.6 Å². The summed E-state index contributed by atoms with van der Waals surface area (Å²) in [6.07, 6.45) is 0. The molecule has 0 bridgehead atoms. The van der Waals surface area contributed by atoms with E-state index >= 15 is 0 Å². The lowest BCUT2D eigenvalue weighted by Gasteiger charge is -2.09. The van der Waals surface area contributed by atoms with Crippen LogP contribution in [0.4, 0.5) is 10.1 Å². The van der Waals surface area contributed by atoms with E-state index in [1.807, 2.05) is 36.6 Å². The average Bonchev–Trinajstić information content (AvgIpc) is 3.12. The largest absolute Gasteiger partial charge is 0.325 e. The number of aryl methyl sites for hydroxylation is 1. The molecule has 1 amide bonds. The summed E-state index contributed by atoms with van der Waals surface area (Å²) in [7, 11) is 0. The van der Waals surface area contributed by atoms with Gasteiger partial charge in [0, 0.05) is 23.0 Å². The minimum absolute atomic E-state index is 0.138. The van der Waals surface area contributed by atoms with E-state index in [9.17, 15) is 9.18 Å². The number of aromatic nitrogens is 3. The molecule has 3 rings (SSSR count). The number of amides is 1. The Kier molecular flexibility index (Phi) is 8.18. The molecule has 0 aliphatic rings. The zero-order chi connectivity index (χ0) is 21.5. The Hall–Kier alpha value is -2.03. The maximum atomic E-state index is 13.7. The number of nitrogens with zero attached hydrogens (tertiary/aromatic N) is 3. The van der Waals surface area contributed by atoms with Crippen LogP contribution in [0.15, 0.2) is 47.6 Å². The Bertz CT molecular complexity index is 1030. The lowest BCUT2D eigenvalue weighted by molar-refractivity contribution is -0.113. The number of benzene rings is 2. The molecule has 30 heavy (non-hydrogen) atoms. The zero-order valence-corrected chi connectivity index (χ0v) is 19.1. The predicted molar refractivity (Wildman–Crippen MR) is 123 cm³/mol. The Balaban J connectivity index is 1.53. The fourth-order valence-corrected chi connectivity index (χ4v) is 4.67. The normalized spacial score (nSPS) is 10.9. The number of rotatable bonds is 9. The second-order valence-corrected chi connectivity index (χ2v) is 8.86. The molecule has 0 saturated carbocycles. The van der Waals surface area contributed by atoms with Crippen molar-refractivity contribution < 1.29 is 9.18 Å². The topological polar surface area (TPSA) is 59.8 Å². The van der Waals surface area contributed by atoms with Gasteiger partial charge in [0.15, 0.2) is 5.16 Å². The molecular formula is C21H22ClFN4OS2. The van der Waals surface area contributed by atoms with Crippen LogP contribution in [0, 0.1) is 12.7 Å². The first-order valence-electron chi connectivity index (χ1n) is 9.40. The fourth-order valence-electron chi connectivity index (χ4n) is 2.72. The van der Waals surface area contributed by atoms with Gasteiger partial charge in [0.25, 0.3) is 0 Å². The maximum Gasteiger partial charge on any atom is 0.234 e. The van der Waals surface area contributed by atoms with Crippen molar-refractivity contribution in [3.63, 3.8) is 0 Å². The number of anilines is 1. The molecule has 0 atom stereocenters. The Morgan fingerprint density at radius 2 is 2.00 bits per heavy atom. The van der Waals surface area contributed by atoms with E-state index in [1.54, 1.807) is 30.0 Å². The first-order valence-corrected chi connectivity index (χ1v) is 11.9. The van der Waals surface area contributed by atoms with Crippen LogP contribution in [0.1, 0.15) is 23.9 Å². The number of carbonyl (C=O) groups excluding carboxylic acids is 1. The van der Waals surface area contributed by atoms with E-state index in [-0.39, 0.29) is 17.5 Å². The highest BCUT2D eigenvalue weighted by molar-refractivity contribution is 7.99. The van der Waals surface area contributed by atoms with Gasteiger partial charge in [-0.15, -0.1) is 22.0 Å².